The van der Waals surface area contributed by atoms with Crippen molar-refractivity contribution in [3.63, 3.8) is 0 Å². The molecule has 9 heteroatoms. The summed E-state index contributed by atoms with van der Waals surface area (Å²) in [5.41, 5.74) is 0. The van der Waals surface area contributed by atoms with Gasteiger partial charge in [-0.2, -0.15) is 0 Å². The molecular weight excluding hydrogens is 378 g/mol. The van der Waals surface area contributed by atoms with Gasteiger partial charge in [-0.3, -0.25) is 0 Å². The average molecular weight is 406 g/mol. The molecule has 1 aromatic heterocycles. The van der Waals surface area contributed by atoms with Gasteiger partial charge in [0.15, 0.2) is 0 Å². The molecule has 0 bridgehead atoms. The highest BCUT2D eigenvalue weighted by atomic mass is 32.2. The molecule has 2 N–H and O–H groups in total. The van der Waals surface area contributed by atoms with Gasteiger partial charge in [-0.25, -0.2) is 23.1 Å². The first-order chi connectivity index (χ1) is 13.5. The summed E-state index contributed by atoms with van der Waals surface area (Å²) in [5.74, 6) is 2.97. The van der Waals surface area contributed by atoms with Crippen LogP contribution in [0.2, 0.25) is 0 Å². The maximum atomic E-state index is 12.4. The van der Waals surface area contributed by atoms with E-state index in [1.54, 1.807) is 12.1 Å². The number of nitrogens with zero attached hydrogens (tertiary/aromatic N) is 3. The van der Waals surface area contributed by atoms with E-state index in [0.29, 0.717) is 30.5 Å². The van der Waals surface area contributed by atoms with Crippen LogP contribution in [0.5, 0.6) is 5.75 Å². The molecule has 8 nitrogen and oxygen atoms in total. The molecule has 3 rings (SSSR count). The number of anilines is 2. The second kappa shape index (κ2) is 9.20. The first-order valence-electron chi connectivity index (χ1n) is 9.55. The third-order valence-corrected chi connectivity index (χ3v) is 5.90. The highest BCUT2D eigenvalue weighted by Crippen LogP contribution is 2.20. The molecule has 0 aliphatic carbocycles. The lowest BCUT2D eigenvalue weighted by molar-refractivity contribution is 0.340. The SMILES string of the molecule is CCOc1ccc(S(=O)(=O)NCCNc2cc(N3CCCC3)nc(C)n2)cc1. The Hall–Kier alpha value is -2.39. The molecule has 1 aliphatic rings. The van der Waals surface area contributed by atoms with Crippen LogP contribution in [0.15, 0.2) is 35.2 Å². The second-order valence-corrected chi connectivity index (χ2v) is 8.35. The summed E-state index contributed by atoms with van der Waals surface area (Å²) in [5, 5.41) is 3.17. The largest absolute Gasteiger partial charge is 0.494 e. The molecule has 1 aliphatic heterocycles. The molecule has 152 valence electrons. The van der Waals surface area contributed by atoms with E-state index < -0.39 is 10.0 Å². The van der Waals surface area contributed by atoms with Crippen LogP contribution < -0.4 is 19.7 Å². The molecule has 0 radical (unpaired) electrons. The summed E-state index contributed by atoms with van der Waals surface area (Å²) in [6.45, 7) is 6.98. The summed E-state index contributed by atoms with van der Waals surface area (Å²) in [4.78, 5) is 11.3. The summed E-state index contributed by atoms with van der Waals surface area (Å²) < 4.78 is 32.7. The Morgan fingerprint density at radius 2 is 1.82 bits per heavy atom. The molecule has 1 fully saturated rings. The Kier molecular flexibility index (Phi) is 6.69. The van der Waals surface area contributed by atoms with Gasteiger partial charge in [-0.1, -0.05) is 0 Å². The van der Waals surface area contributed by atoms with E-state index in [9.17, 15) is 8.42 Å². The first kappa shape index (κ1) is 20.3. The molecular formula is C19H27N5O3S. The van der Waals surface area contributed by atoms with Crippen LogP contribution in [0.3, 0.4) is 0 Å². The number of hydrogen-bond acceptors (Lipinski definition) is 7. The van der Waals surface area contributed by atoms with Crippen molar-refractivity contribution in [2.45, 2.75) is 31.6 Å². The standard InChI is InChI=1S/C19H27N5O3S/c1-3-27-16-6-8-17(9-7-16)28(25,26)21-11-10-20-18-14-19(23-15(2)22-18)24-12-4-5-13-24/h6-9,14,21H,3-5,10-13H2,1-2H3,(H,20,22,23). The third kappa shape index (κ3) is 5.32. The second-order valence-electron chi connectivity index (χ2n) is 6.58. The number of aryl methyl sites for hydroxylation is 1. The van der Waals surface area contributed by atoms with Crippen molar-refractivity contribution in [2.75, 3.05) is 43.0 Å². The van der Waals surface area contributed by atoms with Crippen LogP contribution >= 0.6 is 0 Å². The van der Waals surface area contributed by atoms with Gasteiger partial charge >= 0.3 is 0 Å². The smallest absolute Gasteiger partial charge is 0.240 e. The minimum absolute atomic E-state index is 0.213. The number of aromatic nitrogens is 2. The summed E-state index contributed by atoms with van der Waals surface area (Å²) >= 11 is 0. The summed E-state index contributed by atoms with van der Waals surface area (Å²) in [7, 11) is -3.56. The minimum atomic E-state index is -3.56. The Balaban J connectivity index is 1.53. The number of sulfonamides is 1. The van der Waals surface area contributed by atoms with Crippen LogP contribution in [0.4, 0.5) is 11.6 Å². The normalized spacial score (nSPS) is 14.3. The van der Waals surface area contributed by atoms with Crippen LogP contribution in [-0.4, -0.2) is 51.2 Å². The van der Waals surface area contributed by atoms with Gasteiger partial charge in [-0.15, -0.1) is 0 Å². The van der Waals surface area contributed by atoms with E-state index in [0.717, 1.165) is 18.9 Å². The van der Waals surface area contributed by atoms with E-state index in [2.05, 4.69) is 24.9 Å². The van der Waals surface area contributed by atoms with E-state index >= 15 is 0 Å². The predicted molar refractivity (Wildman–Crippen MR) is 110 cm³/mol. The van der Waals surface area contributed by atoms with Gasteiger partial charge in [0.25, 0.3) is 0 Å². The summed E-state index contributed by atoms with van der Waals surface area (Å²) in [6.07, 6.45) is 2.36. The molecule has 2 aromatic rings. The predicted octanol–water partition coefficient (Wildman–Crippen LogP) is 2.17. The molecule has 1 aromatic carbocycles. The lowest BCUT2D eigenvalue weighted by Gasteiger charge is -2.17. The van der Waals surface area contributed by atoms with Crippen molar-refractivity contribution in [2.24, 2.45) is 0 Å². The zero-order chi connectivity index (χ0) is 20.0. The quantitative estimate of drug-likeness (QED) is 0.617. The number of nitrogens with one attached hydrogen (secondary N) is 2. The van der Waals surface area contributed by atoms with Crippen molar-refractivity contribution < 1.29 is 13.2 Å². The van der Waals surface area contributed by atoms with Gasteiger partial charge in [-0.05, 0) is 51.0 Å². The number of rotatable bonds is 9. The lowest BCUT2D eigenvalue weighted by atomic mass is 10.3. The average Bonchev–Trinajstić information content (AvgIpc) is 3.21. The van der Waals surface area contributed by atoms with Crippen LogP contribution in [0.25, 0.3) is 0 Å². The molecule has 0 amide bonds. The van der Waals surface area contributed by atoms with Crippen molar-refractivity contribution in [3.8, 4) is 5.75 Å². The first-order valence-corrected chi connectivity index (χ1v) is 11.0. The Morgan fingerprint density at radius 1 is 1.11 bits per heavy atom. The monoisotopic (exact) mass is 405 g/mol. The maximum absolute atomic E-state index is 12.4. The number of benzene rings is 1. The molecule has 0 atom stereocenters. The van der Waals surface area contributed by atoms with Crippen molar-refractivity contribution in [1.29, 1.82) is 0 Å². The van der Waals surface area contributed by atoms with E-state index in [-0.39, 0.29) is 11.4 Å². The number of hydrogen-bond donors (Lipinski definition) is 2. The maximum Gasteiger partial charge on any atom is 0.240 e. The van der Waals surface area contributed by atoms with Gasteiger partial charge in [0, 0.05) is 32.2 Å². The van der Waals surface area contributed by atoms with E-state index in [4.69, 9.17) is 4.74 Å². The van der Waals surface area contributed by atoms with E-state index in [1.165, 1.54) is 25.0 Å². The van der Waals surface area contributed by atoms with Crippen LogP contribution in [0.1, 0.15) is 25.6 Å². The van der Waals surface area contributed by atoms with Crippen molar-refractivity contribution in [1.82, 2.24) is 14.7 Å². The molecule has 0 spiro atoms. The molecule has 0 unspecified atom stereocenters. The van der Waals surface area contributed by atoms with Crippen LogP contribution in [0, 0.1) is 6.92 Å². The van der Waals surface area contributed by atoms with E-state index in [1.807, 2.05) is 19.9 Å². The molecule has 28 heavy (non-hydrogen) atoms. The molecule has 0 saturated carbocycles. The van der Waals surface area contributed by atoms with Gasteiger partial charge in [0.2, 0.25) is 10.0 Å². The highest BCUT2D eigenvalue weighted by molar-refractivity contribution is 7.89. The third-order valence-electron chi connectivity index (χ3n) is 4.42. The van der Waals surface area contributed by atoms with Gasteiger partial charge in [0.05, 0.1) is 11.5 Å². The number of ether oxygens (including phenoxy) is 1. The molecule has 1 saturated heterocycles. The van der Waals surface area contributed by atoms with Gasteiger partial charge < -0.3 is 15.0 Å². The fourth-order valence-corrected chi connectivity index (χ4v) is 4.12. The topological polar surface area (TPSA) is 96.5 Å². The minimum Gasteiger partial charge on any atom is -0.494 e. The van der Waals surface area contributed by atoms with Gasteiger partial charge in [0.1, 0.15) is 23.2 Å². The Labute approximate surface area is 166 Å². The molecule has 2 heterocycles. The fraction of sp³-hybridized carbons (Fsp3) is 0.474. The Bertz CT molecular complexity index is 881. The lowest BCUT2D eigenvalue weighted by Crippen LogP contribution is -2.29. The van der Waals surface area contributed by atoms with Crippen molar-refractivity contribution >= 4 is 21.7 Å². The highest BCUT2D eigenvalue weighted by Gasteiger charge is 2.16. The fourth-order valence-electron chi connectivity index (χ4n) is 3.09. The zero-order valence-electron chi connectivity index (χ0n) is 16.3. The zero-order valence-corrected chi connectivity index (χ0v) is 17.1. The van der Waals surface area contributed by atoms with Crippen LogP contribution in [-0.2, 0) is 10.0 Å². The Morgan fingerprint density at radius 3 is 2.50 bits per heavy atom. The van der Waals surface area contributed by atoms with Crippen molar-refractivity contribution in [3.05, 3.63) is 36.2 Å². The summed E-state index contributed by atoms with van der Waals surface area (Å²) in [6, 6.07) is 8.30.